The number of carbonyl (C=O) groups excluding carboxylic acids is 1. The van der Waals surface area contributed by atoms with E-state index in [0.29, 0.717) is 29.3 Å². The van der Waals surface area contributed by atoms with Gasteiger partial charge in [-0.25, -0.2) is 4.39 Å². The van der Waals surface area contributed by atoms with E-state index in [1.54, 1.807) is 6.07 Å². The van der Waals surface area contributed by atoms with Crippen molar-refractivity contribution < 1.29 is 9.18 Å². The lowest BCUT2D eigenvalue weighted by molar-refractivity contribution is -0.110. The molecule has 0 bridgehead atoms. The third kappa shape index (κ3) is 2.36. The van der Waals surface area contributed by atoms with Crippen LogP contribution in [0.3, 0.4) is 0 Å². The fraction of sp³-hybridized carbons (Fsp3) is 0.316. The van der Waals surface area contributed by atoms with Crippen molar-refractivity contribution in [2.75, 3.05) is 11.9 Å². The molecule has 4 N–H and O–H groups in total. The third-order valence-corrected chi connectivity index (χ3v) is 5.19. The number of benzene rings is 1. The number of rotatable bonds is 2. The van der Waals surface area contributed by atoms with Crippen LogP contribution in [0.4, 0.5) is 10.1 Å². The molecule has 1 amide bonds. The minimum atomic E-state index is -0.343. The van der Waals surface area contributed by atoms with Gasteiger partial charge in [0.1, 0.15) is 5.82 Å². The minimum absolute atomic E-state index is 0.192. The first-order chi connectivity index (χ1) is 11.6. The lowest BCUT2D eigenvalue weighted by atomic mass is 9.86. The summed E-state index contributed by atoms with van der Waals surface area (Å²) in [5.74, 6) is -0.0208. The number of hydrogen-bond donors (Lipinski definition) is 3. The number of anilines is 1. The maximum atomic E-state index is 13.6. The lowest BCUT2D eigenvalue weighted by Crippen LogP contribution is -2.22. The van der Waals surface area contributed by atoms with Crippen LogP contribution >= 0.6 is 0 Å². The molecular formula is C19H20FN3O. The maximum Gasteiger partial charge on any atom is 0.256 e. The van der Waals surface area contributed by atoms with Crippen LogP contribution in [0.1, 0.15) is 34.5 Å². The highest BCUT2D eigenvalue weighted by Gasteiger charge is 2.27. The molecule has 1 unspecified atom stereocenters. The van der Waals surface area contributed by atoms with E-state index in [4.69, 9.17) is 5.73 Å². The third-order valence-electron chi connectivity index (χ3n) is 5.19. The summed E-state index contributed by atoms with van der Waals surface area (Å²) in [5.41, 5.74) is 12.2. The second-order valence-corrected chi connectivity index (χ2v) is 6.67. The van der Waals surface area contributed by atoms with Crippen molar-refractivity contribution in [2.24, 2.45) is 11.7 Å². The fourth-order valence-electron chi connectivity index (χ4n) is 3.77. The van der Waals surface area contributed by atoms with Crippen molar-refractivity contribution >= 4 is 23.2 Å². The van der Waals surface area contributed by atoms with Crippen LogP contribution in [-0.2, 0) is 17.6 Å². The highest BCUT2D eigenvalue weighted by atomic mass is 19.1. The molecule has 2 aromatic rings. The number of aromatic amines is 1. The number of aromatic nitrogens is 1. The quantitative estimate of drug-likeness (QED) is 0.743. The maximum absolute atomic E-state index is 13.6. The van der Waals surface area contributed by atoms with Crippen LogP contribution in [0.5, 0.6) is 0 Å². The van der Waals surface area contributed by atoms with Gasteiger partial charge in [0.25, 0.3) is 5.91 Å². The Balaban J connectivity index is 1.76. The second kappa shape index (κ2) is 5.60. The highest BCUT2D eigenvalue weighted by Crippen LogP contribution is 2.35. The highest BCUT2D eigenvalue weighted by molar-refractivity contribution is 6.34. The molecule has 2 aliphatic rings. The molecule has 5 heteroatoms. The van der Waals surface area contributed by atoms with E-state index < -0.39 is 0 Å². The van der Waals surface area contributed by atoms with Crippen LogP contribution in [0.25, 0.3) is 11.6 Å². The predicted molar refractivity (Wildman–Crippen MR) is 93.0 cm³/mol. The Morgan fingerprint density at radius 2 is 2.25 bits per heavy atom. The summed E-state index contributed by atoms with van der Waals surface area (Å²) < 4.78 is 13.6. The van der Waals surface area contributed by atoms with E-state index in [0.717, 1.165) is 25.0 Å². The molecule has 4 rings (SSSR count). The Morgan fingerprint density at radius 3 is 3.04 bits per heavy atom. The second-order valence-electron chi connectivity index (χ2n) is 6.67. The molecule has 124 valence electrons. The van der Waals surface area contributed by atoms with Gasteiger partial charge in [0.05, 0.1) is 5.57 Å². The fourth-order valence-corrected chi connectivity index (χ4v) is 3.77. The van der Waals surface area contributed by atoms with E-state index in [9.17, 15) is 9.18 Å². The smallest absolute Gasteiger partial charge is 0.256 e. The van der Waals surface area contributed by atoms with Gasteiger partial charge >= 0.3 is 0 Å². The molecule has 1 aromatic heterocycles. The normalized spacial score (nSPS) is 20.9. The predicted octanol–water partition coefficient (Wildman–Crippen LogP) is 3.02. The van der Waals surface area contributed by atoms with E-state index in [-0.39, 0.29) is 11.7 Å². The molecule has 0 radical (unpaired) electrons. The van der Waals surface area contributed by atoms with E-state index in [1.807, 2.05) is 6.08 Å². The lowest BCUT2D eigenvalue weighted by Gasteiger charge is -2.20. The summed E-state index contributed by atoms with van der Waals surface area (Å²) in [6.45, 7) is 2.77. The monoisotopic (exact) mass is 325 g/mol. The first-order valence-corrected chi connectivity index (χ1v) is 8.30. The zero-order valence-electron chi connectivity index (χ0n) is 13.6. The number of amides is 1. The molecule has 1 atom stereocenters. The number of nitrogens with two attached hydrogens (primary N) is 1. The summed E-state index contributed by atoms with van der Waals surface area (Å²) in [6, 6.07) is 4.36. The van der Waals surface area contributed by atoms with E-state index in [2.05, 4.69) is 17.2 Å². The van der Waals surface area contributed by atoms with Gasteiger partial charge in [0.2, 0.25) is 0 Å². The van der Waals surface area contributed by atoms with Gasteiger partial charge in [-0.1, -0.05) is 0 Å². The molecule has 0 saturated heterocycles. The van der Waals surface area contributed by atoms with Crippen molar-refractivity contribution in [3.63, 3.8) is 0 Å². The summed E-state index contributed by atoms with van der Waals surface area (Å²) in [7, 11) is 0. The summed E-state index contributed by atoms with van der Waals surface area (Å²) >= 11 is 0. The minimum Gasteiger partial charge on any atom is -0.358 e. The number of fused-ring (bicyclic) bond motifs is 2. The van der Waals surface area contributed by atoms with Crippen LogP contribution in [0.2, 0.25) is 0 Å². The molecule has 0 saturated carbocycles. The Hall–Kier alpha value is -2.40. The number of halogens is 1. The topological polar surface area (TPSA) is 70.9 Å². The molecule has 24 heavy (non-hydrogen) atoms. The standard InChI is InChI=1S/C19H20FN3O/c1-10-13-4-2-11(9-21)6-18(13)22-17(10)8-15-14-7-12(20)3-5-16(14)23-19(15)24/h3,5,7-8,11,22H,2,4,6,9,21H2,1H3,(H,23,24)/b15-8-. The number of carbonyl (C=O) groups is 1. The summed E-state index contributed by atoms with van der Waals surface area (Å²) in [5, 5.41) is 2.79. The Morgan fingerprint density at radius 1 is 1.42 bits per heavy atom. The van der Waals surface area contributed by atoms with Crippen molar-refractivity contribution in [1.29, 1.82) is 0 Å². The van der Waals surface area contributed by atoms with Gasteiger partial charge in [-0.05, 0) is 74.1 Å². The van der Waals surface area contributed by atoms with Crippen molar-refractivity contribution in [2.45, 2.75) is 26.2 Å². The Kier molecular flexibility index (Phi) is 3.53. The van der Waals surface area contributed by atoms with Crippen molar-refractivity contribution in [3.8, 4) is 0 Å². The molecule has 1 aliphatic heterocycles. The zero-order valence-corrected chi connectivity index (χ0v) is 13.6. The van der Waals surface area contributed by atoms with Crippen LogP contribution in [0, 0.1) is 18.7 Å². The van der Waals surface area contributed by atoms with Gasteiger partial charge in [-0.3, -0.25) is 4.79 Å². The summed E-state index contributed by atoms with van der Waals surface area (Å²) in [6.07, 6.45) is 4.91. The van der Waals surface area contributed by atoms with Gasteiger partial charge in [0, 0.05) is 22.6 Å². The molecule has 0 spiro atoms. The molecule has 2 heterocycles. The molecule has 4 nitrogen and oxygen atoms in total. The Labute approximate surface area is 139 Å². The van der Waals surface area contributed by atoms with Crippen LogP contribution in [0.15, 0.2) is 18.2 Å². The van der Waals surface area contributed by atoms with Gasteiger partial charge < -0.3 is 16.0 Å². The molecule has 1 aromatic carbocycles. The van der Waals surface area contributed by atoms with Gasteiger partial charge in [-0.2, -0.15) is 0 Å². The molecule has 1 aliphatic carbocycles. The molecule has 0 fully saturated rings. The van der Waals surface area contributed by atoms with Crippen LogP contribution in [-0.4, -0.2) is 17.4 Å². The molecular weight excluding hydrogens is 305 g/mol. The van der Waals surface area contributed by atoms with E-state index >= 15 is 0 Å². The first-order valence-electron chi connectivity index (χ1n) is 8.30. The Bertz CT molecular complexity index is 866. The number of hydrogen-bond acceptors (Lipinski definition) is 2. The summed E-state index contributed by atoms with van der Waals surface area (Å²) in [4.78, 5) is 15.7. The number of H-pyrrole nitrogens is 1. The van der Waals surface area contributed by atoms with Gasteiger partial charge in [-0.15, -0.1) is 0 Å². The largest absolute Gasteiger partial charge is 0.358 e. The van der Waals surface area contributed by atoms with Crippen molar-refractivity contribution in [1.82, 2.24) is 4.98 Å². The number of nitrogens with one attached hydrogen (secondary N) is 2. The average Bonchev–Trinajstić information content (AvgIpc) is 3.05. The SMILES string of the molecule is Cc1c(/C=C2\C(=O)Nc3ccc(F)cc32)[nH]c2c1CCC(CN)C2. The average molecular weight is 325 g/mol. The first kappa shape index (κ1) is 15.1. The van der Waals surface area contributed by atoms with Gasteiger partial charge in [0.15, 0.2) is 0 Å². The van der Waals surface area contributed by atoms with E-state index in [1.165, 1.54) is 29.0 Å². The zero-order chi connectivity index (χ0) is 16.8. The van der Waals surface area contributed by atoms with Crippen molar-refractivity contribution in [3.05, 3.63) is 52.1 Å². The van der Waals surface area contributed by atoms with Crippen LogP contribution < -0.4 is 11.1 Å².